The van der Waals surface area contributed by atoms with E-state index < -0.39 is 56.1 Å². The second-order valence-corrected chi connectivity index (χ2v) is 5.59. The molecule has 2 heterocycles. The largest absolute Gasteiger partial charge is 0.493 e. The van der Waals surface area contributed by atoms with Crippen LogP contribution in [0.1, 0.15) is 66.5 Å². The van der Waals surface area contributed by atoms with Crippen LogP contribution in [-0.2, 0) is 11.2 Å². The van der Waals surface area contributed by atoms with Crippen LogP contribution < -0.4 is 9.47 Å². The van der Waals surface area contributed by atoms with Crippen molar-refractivity contribution < 1.29 is 30.7 Å². The first-order valence-electron chi connectivity index (χ1n) is 13.7. The van der Waals surface area contributed by atoms with Crippen LogP contribution in [0.25, 0.3) is 0 Å². The van der Waals surface area contributed by atoms with Crippen molar-refractivity contribution >= 4 is 5.78 Å². The Balaban J connectivity index is 2.26. The van der Waals surface area contributed by atoms with Gasteiger partial charge in [-0.1, -0.05) is 20.1 Å². The van der Waals surface area contributed by atoms with Gasteiger partial charge in [0.2, 0.25) is 0 Å². The third kappa shape index (κ3) is 3.16. The quantitative estimate of drug-likeness (QED) is 0.818. The zero-order valence-corrected chi connectivity index (χ0v) is 13.9. The molecule has 0 amide bonds. The van der Waals surface area contributed by atoms with Gasteiger partial charge in [0.1, 0.15) is 5.78 Å². The maximum Gasteiger partial charge on any atom is 0.161 e. The van der Waals surface area contributed by atoms with E-state index in [1.165, 1.54) is 20.3 Å². The van der Waals surface area contributed by atoms with Crippen molar-refractivity contribution in [3.63, 3.8) is 0 Å². The molecule has 3 atom stereocenters. The fourth-order valence-corrected chi connectivity index (χ4v) is 3.00. The third-order valence-electron chi connectivity index (χ3n) is 4.25. The molecule has 1 aromatic rings. The minimum Gasteiger partial charge on any atom is -0.493 e. The lowest BCUT2D eigenvalue weighted by atomic mass is 9.79. The van der Waals surface area contributed by atoms with Gasteiger partial charge in [0.25, 0.3) is 0 Å². The number of nitrogens with zero attached hydrogens (tertiary/aromatic N) is 1. The summed E-state index contributed by atoms with van der Waals surface area (Å²) in [7, 11) is 2.77. The smallest absolute Gasteiger partial charge is 0.161 e. The van der Waals surface area contributed by atoms with Crippen molar-refractivity contribution in [2.45, 2.75) is 45.4 Å². The molecule has 2 aliphatic heterocycles. The molecule has 0 aromatic heterocycles. The van der Waals surface area contributed by atoms with Gasteiger partial charge in [-0.3, -0.25) is 9.69 Å². The third-order valence-corrected chi connectivity index (χ3v) is 4.25. The van der Waals surface area contributed by atoms with Gasteiger partial charge in [0.15, 0.2) is 11.5 Å². The van der Waals surface area contributed by atoms with Crippen molar-refractivity contribution in [2.75, 3.05) is 27.3 Å². The maximum absolute atomic E-state index is 13.6. The molecule has 0 bridgehead atoms. The van der Waals surface area contributed by atoms with Crippen LogP contribution in [0.4, 0.5) is 0 Å². The Bertz CT molecular complexity index is 1040. The van der Waals surface area contributed by atoms with E-state index in [2.05, 4.69) is 0 Å². The van der Waals surface area contributed by atoms with Crippen LogP contribution in [0.5, 0.6) is 11.5 Å². The van der Waals surface area contributed by atoms with E-state index in [-0.39, 0.29) is 24.3 Å². The number of hydrogen-bond donors (Lipinski definition) is 0. The summed E-state index contributed by atoms with van der Waals surface area (Å²) in [6.45, 7) is -6.06. The van der Waals surface area contributed by atoms with Crippen molar-refractivity contribution in [1.82, 2.24) is 4.90 Å². The molecule has 24 heavy (non-hydrogen) atoms. The number of hydrogen-bond acceptors (Lipinski definition) is 4. The zero-order valence-electron chi connectivity index (χ0n) is 25.9. The van der Waals surface area contributed by atoms with Gasteiger partial charge < -0.3 is 9.47 Å². The number of carbonyl (C=O) groups excluding carboxylic acids is 1. The van der Waals surface area contributed by atoms with Crippen LogP contribution in [0, 0.1) is 11.8 Å². The van der Waals surface area contributed by atoms with E-state index in [9.17, 15) is 4.79 Å². The fraction of sp³-hybridized carbons (Fsp3) is 0.650. The van der Waals surface area contributed by atoms with Gasteiger partial charge in [-0.05, 0) is 41.9 Å². The lowest BCUT2D eigenvalue weighted by molar-refractivity contribution is -0.129. The summed E-state index contributed by atoms with van der Waals surface area (Å²) in [6.07, 6.45) is -9.45. The second-order valence-electron chi connectivity index (χ2n) is 5.59. The average molecular weight is 344 g/mol. The molecule has 2 aliphatic rings. The number of benzene rings is 1. The molecule has 3 rings (SSSR count). The van der Waals surface area contributed by atoms with E-state index in [0.717, 1.165) is 4.90 Å². The minimum absolute atomic E-state index is 0.155. The van der Waals surface area contributed by atoms with E-state index in [0.29, 0.717) is 18.2 Å². The van der Waals surface area contributed by atoms with Crippen molar-refractivity contribution in [1.29, 1.82) is 0 Å². The second kappa shape index (κ2) is 7.14. The Labute approximate surface area is 162 Å². The first-order valence-corrected chi connectivity index (χ1v) is 7.68. The molecule has 4 heteroatoms. The van der Waals surface area contributed by atoms with Gasteiger partial charge in [0.05, 0.1) is 14.2 Å². The van der Waals surface area contributed by atoms with Crippen molar-refractivity contribution in [2.24, 2.45) is 11.8 Å². The summed E-state index contributed by atoms with van der Waals surface area (Å²) in [4.78, 5) is 14.6. The van der Waals surface area contributed by atoms with E-state index in [4.69, 9.17) is 25.9 Å². The average Bonchev–Trinajstić information content (AvgIpc) is 2.73. The van der Waals surface area contributed by atoms with Crippen molar-refractivity contribution in [3.05, 3.63) is 23.3 Å². The first-order chi connectivity index (χ1) is 16.1. The molecule has 0 aliphatic carbocycles. The van der Waals surface area contributed by atoms with Crippen LogP contribution in [0.3, 0.4) is 0 Å². The van der Waals surface area contributed by atoms with Gasteiger partial charge in [-0.15, -0.1) is 0 Å². The summed E-state index contributed by atoms with van der Waals surface area (Å²) in [5.41, 5.74) is 0.809. The highest BCUT2D eigenvalue weighted by Gasteiger charge is 2.38. The standard InChI is InChI=1S/C20H29NO3/c1-5-13(2)8-15-12-21-7-6-14-9-19(23-3)20(24-4)10-16(14)17(21)11-18(15)22/h9-10,13,15,17H,5-8,11-12H2,1-4H3/i2D3,5D2,8D2,11D2,12D2,13D. The summed E-state index contributed by atoms with van der Waals surface area (Å²) in [5.74, 6) is -7.23. The molecule has 0 radical (unpaired) electrons. The molecular formula is C20H29NO3. The number of rotatable bonds is 5. The minimum atomic E-state index is -3.65. The summed E-state index contributed by atoms with van der Waals surface area (Å²) >= 11 is 0. The highest BCUT2D eigenvalue weighted by molar-refractivity contribution is 5.83. The SMILES string of the molecule is [2H]C1([2H])C(=O)C(C([2H])([2H])C([2H])(C([2H])([2H])[2H])C([2H])([2H])C)C([2H])([2H])N2CCc3cc(OC)c(OC)cc3C21. The van der Waals surface area contributed by atoms with Crippen LogP contribution in [0.15, 0.2) is 12.1 Å². The van der Waals surface area contributed by atoms with Crippen LogP contribution >= 0.6 is 0 Å². The van der Waals surface area contributed by atoms with Gasteiger partial charge in [-0.25, -0.2) is 0 Å². The molecule has 132 valence electrons. The van der Waals surface area contributed by atoms with Crippen LogP contribution in [0.2, 0.25) is 0 Å². The first kappa shape index (κ1) is 7.77. The van der Waals surface area contributed by atoms with Crippen molar-refractivity contribution in [3.8, 4) is 11.5 Å². The molecule has 0 saturated carbocycles. The van der Waals surface area contributed by atoms with Gasteiger partial charge in [-0.2, -0.15) is 0 Å². The number of piperidine rings is 1. The molecule has 1 saturated heterocycles. The Morgan fingerprint density at radius 3 is 2.88 bits per heavy atom. The molecular weight excluding hydrogens is 302 g/mol. The number of Topliss-reactive ketones (excluding diaryl/α,β-unsaturated/α-hetero) is 1. The molecule has 3 unspecified atom stereocenters. The topological polar surface area (TPSA) is 38.8 Å². The van der Waals surface area contributed by atoms with E-state index >= 15 is 0 Å². The Hall–Kier alpha value is -1.55. The molecule has 4 nitrogen and oxygen atoms in total. The highest BCUT2D eigenvalue weighted by Crippen LogP contribution is 2.42. The number of methoxy groups -OCH3 is 2. The summed E-state index contributed by atoms with van der Waals surface area (Å²) in [6, 6.07) is 1.52. The lowest BCUT2D eigenvalue weighted by Gasteiger charge is -2.43. The summed E-state index contributed by atoms with van der Waals surface area (Å²) < 4.78 is 111. The molecule has 0 N–H and O–H groups in total. The zero-order chi connectivity index (χ0) is 27.9. The maximum atomic E-state index is 13.6. The molecule has 1 fully saturated rings. The molecule has 0 spiro atoms. The number of fused-ring (bicyclic) bond motifs is 3. The number of ketones is 1. The Kier molecular flexibility index (Phi) is 2.31. The van der Waals surface area contributed by atoms with Gasteiger partial charge >= 0.3 is 0 Å². The van der Waals surface area contributed by atoms with Gasteiger partial charge in [0, 0.05) is 47.8 Å². The predicted molar refractivity (Wildman–Crippen MR) is 94.8 cm³/mol. The van der Waals surface area contributed by atoms with E-state index in [1.807, 2.05) is 0 Å². The molecule has 1 aromatic carbocycles. The normalized spacial score (nSPS) is 39.5. The summed E-state index contributed by atoms with van der Waals surface area (Å²) in [5, 5.41) is 0. The monoisotopic (exact) mass is 343 g/mol. The number of ether oxygens (including phenoxy) is 2. The predicted octanol–water partition coefficient (Wildman–Crippen LogP) is 3.63. The van der Waals surface area contributed by atoms with Crippen LogP contribution in [-0.4, -0.2) is 37.9 Å². The lowest BCUT2D eigenvalue weighted by Crippen LogP contribution is -2.46. The Morgan fingerprint density at radius 1 is 1.46 bits per heavy atom. The Morgan fingerprint density at radius 2 is 2.21 bits per heavy atom. The number of carbonyl (C=O) groups is 1. The fourth-order valence-electron chi connectivity index (χ4n) is 3.00. The highest BCUT2D eigenvalue weighted by atomic mass is 16.5. The van der Waals surface area contributed by atoms with E-state index in [1.54, 1.807) is 6.07 Å².